The van der Waals surface area contributed by atoms with Crippen molar-refractivity contribution in [3.63, 3.8) is 0 Å². The fourth-order valence-electron chi connectivity index (χ4n) is 6.91. The molecule has 0 amide bonds. The van der Waals surface area contributed by atoms with E-state index in [1.165, 1.54) is 32.4 Å². The molecule has 1 aromatic carbocycles. The summed E-state index contributed by atoms with van der Waals surface area (Å²) in [6.45, 7) is 9.99. The van der Waals surface area contributed by atoms with E-state index in [4.69, 9.17) is 11.6 Å². The highest BCUT2D eigenvalue weighted by Gasteiger charge is 2.44. The van der Waals surface area contributed by atoms with Gasteiger partial charge in [-0.05, 0) is 99.7 Å². The van der Waals surface area contributed by atoms with Crippen molar-refractivity contribution in [3.8, 4) is 6.07 Å². The van der Waals surface area contributed by atoms with Gasteiger partial charge in [-0.15, -0.1) is 10.2 Å². The van der Waals surface area contributed by atoms with Crippen LogP contribution in [0, 0.1) is 28.6 Å². The lowest BCUT2D eigenvalue weighted by Crippen LogP contribution is -2.49. The van der Waals surface area contributed by atoms with Crippen LogP contribution in [0.15, 0.2) is 30.3 Å². The molecule has 1 atom stereocenters. The van der Waals surface area contributed by atoms with Crippen LogP contribution in [0.4, 0.5) is 17.3 Å². The van der Waals surface area contributed by atoms with Gasteiger partial charge in [0.05, 0.1) is 10.6 Å². The molecule has 4 aliphatic heterocycles. The first kappa shape index (κ1) is 23.8. The third kappa shape index (κ3) is 4.50. The van der Waals surface area contributed by atoms with E-state index in [1.807, 2.05) is 18.2 Å². The van der Waals surface area contributed by atoms with Crippen LogP contribution in [0.3, 0.4) is 0 Å². The van der Waals surface area contributed by atoms with E-state index in [1.54, 1.807) is 0 Å². The Balaban J connectivity index is 1.04. The number of nitrogens with zero attached hydrogens (tertiary/aromatic N) is 6. The Kier molecular flexibility index (Phi) is 6.43. The standard InChI is InChI=1S/C28H36ClN7/c1-20-15-28(19-36(20)24-3-2-22(16-30)25(29)14-24)8-12-35(13-9-28)27-5-4-26(32-33-27)34-10-6-21(7-11-34)23-17-31-18-23/h2-5,14,20-21,23,31H,6-13,15,17-19H2,1H3/t20-/m0/s1. The topological polar surface area (TPSA) is 71.3 Å². The van der Waals surface area contributed by atoms with Crippen LogP contribution < -0.4 is 20.0 Å². The molecule has 36 heavy (non-hydrogen) atoms. The molecule has 0 unspecified atom stereocenters. The van der Waals surface area contributed by atoms with Gasteiger partial charge in [0.25, 0.3) is 0 Å². The number of hydrogen-bond donors (Lipinski definition) is 1. The van der Waals surface area contributed by atoms with Crippen LogP contribution in [0.5, 0.6) is 0 Å². The molecule has 2 aromatic rings. The third-order valence-corrected chi connectivity index (χ3v) is 9.61. The highest BCUT2D eigenvalue weighted by atomic mass is 35.5. The van der Waals surface area contributed by atoms with Crippen LogP contribution in [0.25, 0.3) is 0 Å². The van der Waals surface area contributed by atoms with Crippen molar-refractivity contribution >= 4 is 28.9 Å². The number of nitriles is 1. The molecule has 8 heteroatoms. The highest BCUT2D eigenvalue weighted by molar-refractivity contribution is 6.32. The number of aromatic nitrogens is 2. The molecule has 1 N–H and O–H groups in total. The maximum absolute atomic E-state index is 9.20. The Hall–Kier alpha value is -2.56. The lowest BCUT2D eigenvalue weighted by molar-refractivity contribution is 0.200. The lowest BCUT2D eigenvalue weighted by Gasteiger charge is -2.41. The highest BCUT2D eigenvalue weighted by Crippen LogP contribution is 2.45. The van der Waals surface area contributed by atoms with Gasteiger partial charge in [0.15, 0.2) is 11.6 Å². The van der Waals surface area contributed by atoms with E-state index in [9.17, 15) is 5.26 Å². The Bertz CT molecular complexity index is 1110. The number of halogens is 1. The Morgan fingerprint density at radius 3 is 2.19 bits per heavy atom. The molecule has 4 saturated heterocycles. The zero-order chi connectivity index (χ0) is 24.7. The van der Waals surface area contributed by atoms with Crippen LogP contribution in [0.1, 0.15) is 44.6 Å². The summed E-state index contributed by atoms with van der Waals surface area (Å²) in [5, 5.41) is 22.4. The zero-order valence-corrected chi connectivity index (χ0v) is 21.9. The molecule has 0 radical (unpaired) electrons. The number of piperidine rings is 2. The first-order valence-electron chi connectivity index (χ1n) is 13.5. The minimum atomic E-state index is 0.323. The van der Waals surface area contributed by atoms with Gasteiger partial charge in [-0.2, -0.15) is 5.26 Å². The van der Waals surface area contributed by atoms with E-state index in [-0.39, 0.29) is 0 Å². The number of benzene rings is 1. The van der Waals surface area contributed by atoms with Crippen molar-refractivity contribution in [1.29, 1.82) is 5.26 Å². The molecule has 0 aliphatic carbocycles. The van der Waals surface area contributed by atoms with Gasteiger partial charge in [-0.25, -0.2) is 0 Å². The van der Waals surface area contributed by atoms with Gasteiger partial charge in [-0.1, -0.05) is 11.6 Å². The maximum atomic E-state index is 9.20. The summed E-state index contributed by atoms with van der Waals surface area (Å²) in [4.78, 5) is 7.29. The van der Waals surface area contributed by atoms with Gasteiger partial charge >= 0.3 is 0 Å². The summed E-state index contributed by atoms with van der Waals surface area (Å²) in [5.41, 5.74) is 1.99. The molecular formula is C28H36ClN7. The average molecular weight is 506 g/mol. The fourth-order valence-corrected chi connectivity index (χ4v) is 7.13. The second kappa shape index (κ2) is 9.72. The van der Waals surface area contributed by atoms with Gasteiger partial charge in [0, 0.05) is 44.5 Å². The molecule has 6 rings (SSSR count). The lowest BCUT2D eigenvalue weighted by atomic mass is 9.77. The molecule has 4 fully saturated rings. The van der Waals surface area contributed by atoms with Crippen molar-refractivity contribution < 1.29 is 0 Å². The number of anilines is 3. The smallest absolute Gasteiger partial charge is 0.151 e. The minimum Gasteiger partial charge on any atom is -0.368 e. The zero-order valence-electron chi connectivity index (χ0n) is 21.2. The number of nitrogens with one attached hydrogen (secondary N) is 1. The van der Waals surface area contributed by atoms with Crippen LogP contribution in [0.2, 0.25) is 5.02 Å². The van der Waals surface area contributed by atoms with E-state index >= 15 is 0 Å². The van der Waals surface area contributed by atoms with E-state index in [2.05, 4.69) is 55.3 Å². The second-order valence-corrected chi connectivity index (χ2v) is 11.8. The van der Waals surface area contributed by atoms with E-state index < -0.39 is 0 Å². The monoisotopic (exact) mass is 505 g/mol. The molecule has 1 aromatic heterocycles. The summed E-state index contributed by atoms with van der Waals surface area (Å²) in [5.74, 6) is 3.79. The largest absolute Gasteiger partial charge is 0.368 e. The molecule has 0 saturated carbocycles. The van der Waals surface area contributed by atoms with Crippen LogP contribution in [-0.2, 0) is 0 Å². The number of rotatable bonds is 4. The number of hydrogen-bond acceptors (Lipinski definition) is 7. The fraction of sp³-hybridized carbons (Fsp3) is 0.607. The summed E-state index contributed by atoms with van der Waals surface area (Å²) in [7, 11) is 0. The Labute approximate surface area is 219 Å². The van der Waals surface area contributed by atoms with Crippen molar-refractivity contribution in [3.05, 3.63) is 40.9 Å². The summed E-state index contributed by atoms with van der Waals surface area (Å²) < 4.78 is 0. The molecule has 1 spiro atoms. The molecule has 5 heterocycles. The summed E-state index contributed by atoms with van der Waals surface area (Å²) in [6, 6.07) is 12.8. The minimum absolute atomic E-state index is 0.323. The third-order valence-electron chi connectivity index (χ3n) is 9.30. The predicted molar refractivity (Wildman–Crippen MR) is 145 cm³/mol. The first-order valence-corrected chi connectivity index (χ1v) is 13.9. The van der Waals surface area contributed by atoms with Gasteiger partial charge in [0.1, 0.15) is 6.07 Å². The summed E-state index contributed by atoms with van der Waals surface area (Å²) in [6.07, 6.45) is 6.05. The second-order valence-electron chi connectivity index (χ2n) is 11.4. The Morgan fingerprint density at radius 1 is 0.972 bits per heavy atom. The summed E-state index contributed by atoms with van der Waals surface area (Å²) >= 11 is 6.33. The quantitative estimate of drug-likeness (QED) is 0.663. The Morgan fingerprint density at radius 2 is 1.64 bits per heavy atom. The van der Waals surface area contributed by atoms with E-state index in [0.29, 0.717) is 22.0 Å². The van der Waals surface area contributed by atoms with Crippen molar-refractivity contribution in [2.75, 3.05) is 60.5 Å². The normalized spacial score (nSPS) is 24.7. The molecule has 190 valence electrons. The predicted octanol–water partition coefficient (Wildman–Crippen LogP) is 4.32. The van der Waals surface area contributed by atoms with Crippen molar-refractivity contribution in [2.24, 2.45) is 17.3 Å². The van der Waals surface area contributed by atoms with E-state index in [0.717, 1.165) is 74.7 Å². The molecule has 4 aliphatic rings. The molecule has 0 bridgehead atoms. The average Bonchev–Trinajstić information content (AvgIpc) is 3.19. The van der Waals surface area contributed by atoms with Gasteiger partial charge in [-0.3, -0.25) is 0 Å². The SMILES string of the molecule is C[C@H]1CC2(CCN(c3ccc(N4CCC(C5CNC5)CC4)nn3)CC2)CN1c1ccc(C#N)c(Cl)c1. The molecule has 7 nitrogen and oxygen atoms in total. The van der Waals surface area contributed by atoms with Crippen LogP contribution in [-0.4, -0.2) is 62.1 Å². The van der Waals surface area contributed by atoms with Crippen molar-refractivity contribution in [1.82, 2.24) is 15.5 Å². The molecular weight excluding hydrogens is 470 g/mol. The first-order chi connectivity index (χ1) is 17.5. The van der Waals surface area contributed by atoms with Crippen LogP contribution >= 0.6 is 11.6 Å². The van der Waals surface area contributed by atoms with Crippen molar-refractivity contribution in [2.45, 2.75) is 45.1 Å². The van der Waals surface area contributed by atoms with Gasteiger partial charge in [0.2, 0.25) is 0 Å². The van der Waals surface area contributed by atoms with Gasteiger partial charge < -0.3 is 20.0 Å². The maximum Gasteiger partial charge on any atom is 0.151 e.